The highest BCUT2D eigenvalue weighted by atomic mass is 15.4. The molecule has 0 aromatic carbocycles. The molecule has 92 valence electrons. The third kappa shape index (κ3) is 1.80. The molecule has 2 nitrogen and oxygen atoms in total. The first-order valence-corrected chi connectivity index (χ1v) is 7.00. The van der Waals surface area contributed by atoms with Crippen LogP contribution >= 0.6 is 0 Å². The number of hydrogen-bond acceptors (Lipinski definition) is 2. The summed E-state index contributed by atoms with van der Waals surface area (Å²) in [6, 6.07) is 0. The lowest BCUT2D eigenvalue weighted by atomic mass is 9.83. The van der Waals surface area contributed by atoms with Gasteiger partial charge in [-0.25, -0.2) is 0 Å². The van der Waals surface area contributed by atoms with Crippen molar-refractivity contribution in [2.45, 2.75) is 57.5 Å². The number of nitrogens with zero attached hydrogens (tertiary/aromatic N) is 2. The minimum absolute atomic E-state index is 0.374. The highest BCUT2D eigenvalue weighted by Gasteiger charge is 2.52. The van der Waals surface area contributed by atoms with E-state index in [2.05, 4.69) is 30.6 Å². The summed E-state index contributed by atoms with van der Waals surface area (Å²) in [5.74, 6) is 1.05. The molecule has 0 radical (unpaired) electrons. The summed E-state index contributed by atoms with van der Waals surface area (Å²) in [6.45, 7) is 12.5. The van der Waals surface area contributed by atoms with Gasteiger partial charge in [-0.05, 0) is 58.9 Å². The number of likely N-dealkylation sites (tertiary alicyclic amines) is 2. The molecule has 3 fully saturated rings. The second-order valence-electron chi connectivity index (χ2n) is 7.24. The summed E-state index contributed by atoms with van der Waals surface area (Å²) in [7, 11) is 0. The third-order valence-corrected chi connectivity index (χ3v) is 4.84. The molecule has 2 heteroatoms. The van der Waals surface area contributed by atoms with Crippen LogP contribution in [0.4, 0.5) is 0 Å². The van der Waals surface area contributed by atoms with Crippen LogP contribution in [-0.2, 0) is 0 Å². The van der Waals surface area contributed by atoms with E-state index in [1.165, 1.54) is 51.9 Å². The van der Waals surface area contributed by atoms with Gasteiger partial charge < -0.3 is 0 Å². The van der Waals surface area contributed by atoms with Gasteiger partial charge in [0.05, 0.1) is 0 Å². The summed E-state index contributed by atoms with van der Waals surface area (Å²) in [5, 5.41) is 0. The van der Waals surface area contributed by atoms with E-state index in [4.69, 9.17) is 0 Å². The van der Waals surface area contributed by atoms with E-state index in [0.29, 0.717) is 11.1 Å². The smallest absolute Gasteiger partial charge is 0.0464 e. The maximum Gasteiger partial charge on any atom is 0.0464 e. The quantitative estimate of drug-likeness (QED) is 0.707. The molecule has 16 heavy (non-hydrogen) atoms. The van der Waals surface area contributed by atoms with E-state index in [9.17, 15) is 0 Å². The van der Waals surface area contributed by atoms with Crippen LogP contribution in [0.25, 0.3) is 0 Å². The molecule has 0 bridgehead atoms. The normalized spacial score (nSPS) is 30.9. The molecule has 2 aliphatic heterocycles. The van der Waals surface area contributed by atoms with E-state index < -0.39 is 0 Å². The Morgan fingerprint density at radius 3 is 2.44 bits per heavy atom. The van der Waals surface area contributed by atoms with Crippen molar-refractivity contribution in [3.05, 3.63) is 0 Å². The molecule has 2 saturated heterocycles. The van der Waals surface area contributed by atoms with Gasteiger partial charge in [0.2, 0.25) is 0 Å². The van der Waals surface area contributed by atoms with Crippen LogP contribution in [0.3, 0.4) is 0 Å². The Hall–Kier alpha value is -0.0800. The topological polar surface area (TPSA) is 6.48 Å². The molecule has 3 aliphatic rings. The van der Waals surface area contributed by atoms with E-state index in [1.807, 2.05) is 0 Å². The van der Waals surface area contributed by atoms with Crippen LogP contribution in [0.5, 0.6) is 0 Å². The first kappa shape index (κ1) is 11.0. The summed E-state index contributed by atoms with van der Waals surface area (Å²) in [5.41, 5.74) is 0.967. The average Bonchev–Trinajstić information content (AvgIpc) is 2.78. The van der Waals surface area contributed by atoms with Crippen LogP contribution in [0.2, 0.25) is 0 Å². The van der Waals surface area contributed by atoms with Crippen molar-refractivity contribution in [2.75, 3.05) is 26.2 Å². The maximum atomic E-state index is 2.83. The zero-order chi connectivity index (χ0) is 11.4. The van der Waals surface area contributed by atoms with Gasteiger partial charge in [0.15, 0.2) is 0 Å². The van der Waals surface area contributed by atoms with Crippen molar-refractivity contribution in [1.29, 1.82) is 0 Å². The molecular formula is C14H26N2. The lowest BCUT2D eigenvalue weighted by Gasteiger charge is -2.58. The van der Waals surface area contributed by atoms with Gasteiger partial charge in [-0.3, -0.25) is 9.80 Å². The second kappa shape index (κ2) is 3.46. The van der Waals surface area contributed by atoms with Crippen molar-refractivity contribution < 1.29 is 0 Å². The van der Waals surface area contributed by atoms with E-state index >= 15 is 0 Å². The molecule has 0 aromatic heterocycles. The molecule has 0 aromatic rings. The molecule has 0 unspecified atom stereocenters. The molecule has 0 amide bonds. The number of hydrogen-bond donors (Lipinski definition) is 0. The minimum Gasteiger partial charge on any atom is -0.295 e. The monoisotopic (exact) mass is 222 g/mol. The van der Waals surface area contributed by atoms with Crippen molar-refractivity contribution in [1.82, 2.24) is 9.80 Å². The van der Waals surface area contributed by atoms with Crippen LogP contribution in [0, 0.1) is 5.92 Å². The third-order valence-electron chi connectivity index (χ3n) is 4.84. The predicted molar refractivity (Wildman–Crippen MR) is 67.6 cm³/mol. The largest absolute Gasteiger partial charge is 0.295 e. The zero-order valence-corrected chi connectivity index (χ0v) is 11.1. The van der Waals surface area contributed by atoms with Crippen molar-refractivity contribution in [3.63, 3.8) is 0 Å². The molecule has 3 rings (SSSR count). The maximum absolute atomic E-state index is 2.83. The Morgan fingerprint density at radius 2 is 1.88 bits per heavy atom. The van der Waals surface area contributed by atoms with Gasteiger partial charge in [-0.15, -0.1) is 0 Å². The molecule has 0 atom stereocenters. The fourth-order valence-electron chi connectivity index (χ4n) is 3.39. The van der Waals surface area contributed by atoms with Gasteiger partial charge in [-0.1, -0.05) is 0 Å². The highest BCUT2D eigenvalue weighted by molar-refractivity contribution is 5.10. The van der Waals surface area contributed by atoms with E-state index in [-0.39, 0.29) is 0 Å². The second-order valence-corrected chi connectivity index (χ2v) is 7.24. The molecule has 1 spiro atoms. The van der Waals surface area contributed by atoms with Gasteiger partial charge in [0.1, 0.15) is 0 Å². The Kier molecular flexibility index (Phi) is 2.38. The van der Waals surface area contributed by atoms with Crippen LogP contribution < -0.4 is 0 Å². The Morgan fingerprint density at radius 1 is 1.19 bits per heavy atom. The highest BCUT2D eigenvalue weighted by Crippen LogP contribution is 2.43. The minimum atomic E-state index is 0.374. The fourth-order valence-corrected chi connectivity index (χ4v) is 3.39. The molecule has 0 N–H and O–H groups in total. The Balaban J connectivity index is 1.61. The van der Waals surface area contributed by atoms with E-state index in [1.54, 1.807) is 0 Å². The lowest BCUT2D eigenvalue weighted by molar-refractivity contribution is -0.0763. The first-order chi connectivity index (χ1) is 7.50. The van der Waals surface area contributed by atoms with Gasteiger partial charge in [-0.2, -0.15) is 0 Å². The van der Waals surface area contributed by atoms with Gasteiger partial charge in [0, 0.05) is 30.7 Å². The summed E-state index contributed by atoms with van der Waals surface area (Å²) < 4.78 is 0. The van der Waals surface area contributed by atoms with Crippen molar-refractivity contribution in [2.24, 2.45) is 5.92 Å². The lowest BCUT2D eigenvalue weighted by Crippen LogP contribution is -2.71. The Labute approximate surface area is 100.0 Å². The van der Waals surface area contributed by atoms with Crippen LogP contribution in [0.15, 0.2) is 0 Å². The van der Waals surface area contributed by atoms with Crippen molar-refractivity contribution in [3.8, 4) is 0 Å². The molecule has 2 heterocycles. The van der Waals surface area contributed by atoms with Gasteiger partial charge >= 0.3 is 0 Å². The van der Waals surface area contributed by atoms with Crippen molar-refractivity contribution >= 4 is 0 Å². The fraction of sp³-hybridized carbons (Fsp3) is 1.00. The van der Waals surface area contributed by atoms with E-state index in [0.717, 1.165) is 5.92 Å². The predicted octanol–water partition coefficient (Wildman–Crippen LogP) is 2.35. The standard InChI is InChI=1S/C14H26N2/c1-13(2,3)16-10-14(11-16)7-4-8-15(14)9-12-5-6-12/h12H,4-11H2,1-3H3. The molecular weight excluding hydrogens is 196 g/mol. The average molecular weight is 222 g/mol. The zero-order valence-electron chi connectivity index (χ0n) is 11.1. The molecule has 1 saturated carbocycles. The van der Waals surface area contributed by atoms with Crippen LogP contribution in [0.1, 0.15) is 46.5 Å². The summed E-state index contributed by atoms with van der Waals surface area (Å²) in [6.07, 6.45) is 5.88. The summed E-state index contributed by atoms with van der Waals surface area (Å²) in [4.78, 5) is 5.48. The Bertz CT molecular complexity index is 269. The summed E-state index contributed by atoms with van der Waals surface area (Å²) >= 11 is 0. The van der Waals surface area contributed by atoms with Gasteiger partial charge in [0.25, 0.3) is 0 Å². The number of rotatable bonds is 2. The first-order valence-electron chi connectivity index (χ1n) is 7.00. The van der Waals surface area contributed by atoms with Crippen LogP contribution in [-0.4, -0.2) is 47.1 Å². The SMILES string of the molecule is CC(C)(C)N1CC2(CCCN2CC2CC2)C1. The molecule has 1 aliphatic carbocycles.